The van der Waals surface area contributed by atoms with E-state index in [1.807, 2.05) is 49.4 Å². The van der Waals surface area contributed by atoms with E-state index in [-0.39, 0.29) is 5.43 Å². The SMILES string of the molecule is Cc1ccccc1C(=O)Oc1ccc2c(=O)c(-c3ccccc3)coc2c1. The van der Waals surface area contributed by atoms with Crippen molar-refractivity contribution in [2.45, 2.75) is 6.92 Å². The lowest BCUT2D eigenvalue weighted by molar-refractivity contribution is 0.0734. The molecule has 0 aliphatic carbocycles. The Labute approximate surface area is 155 Å². The minimum absolute atomic E-state index is 0.126. The van der Waals surface area contributed by atoms with E-state index in [0.717, 1.165) is 11.1 Å². The van der Waals surface area contributed by atoms with E-state index in [1.165, 1.54) is 6.26 Å². The Morgan fingerprint density at radius 1 is 0.926 bits per heavy atom. The molecule has 0 atom stereocenters. The van der Waals surface area contributed by atoms with Crippen LogP contribution in [0.4, 0.5) is 0 Å². The molecule has 0 aliphatic rings. The summed E-state index contributed by atoms with van der Waals surface area (Å²) in [6.45, 7) is 1.85. The Morgan fingerprint density at radius 2 is 1.67 bits per heavy atom. The lowest BCUT2D eigenvalue weighted by Crippen LogP contribution is -2.10. The summed E-state index contributed by atoms with van der Waals surface area (Å²) in [5.41, 5.74) is 2.87. The average Bonchev–Trinajstić information content (AvgIpc) is 2.69. The molecule has 3 aromatic carbocycles. The van der Waals surface area contributed by atoms with Crippen molar-refractivity contribution in [2.24, 2.45) is 0 Å². The van der Waals surface area contributed by atoms with E-state index in [0.29, 0.717) is 27.8 Å². The first-order chi connectivity index (χ1) is 13.1. The maximum Gasteiger partial charge on any atom is 0.343 e. The molecule has 132 valence electrons. The van der Waals surface area contributed by atoms with E-state index >= 15 is 0 Å². The van der Waals surface area contributed by atoms with Crippen LogP contribution in [0.15, 0.2) is 88.3 Å². The lowest BCUT2D eigenvalue weighted by atomic mass is 10.1. The Morgan fingerprint density at radius 3 is 2.44 bits per heavy atom. The summed E-state index contributed by atoms with van der Waals surface area (Å²) < 4.78 is 11.1. The van der Waals surface area contributed by atoms with E-state index in [4.69, 9.17) is 9.15 Å². The number of fused-ring (bicyclic) bond motifs is 1. The van der Waals surface area contributed by atoms with Gasteiger partial charge >= 0.3 is 5.97 Å². The van der Waals surface area contributed by atoms with Gasteiger partial charge in [0, 0.05) is 6.07 Å². The second kappa shape index (κ2) is 6.92. The third kappa shape index (κ3) is 3.25. The average molecular weight is 356 g/mol. The molecule has 4 nitrogen and oxygen atoms in total. The standard InChI is InChI=1S/C23H16O4/c1-15-7-5-6-10-18(15)23(25)27-17-11-12-19-21(13-17)26-14-20(22(19)24)16-8-3-2-4-9-16/h2-14H,1H3. The highest BCUT2D eigenvalue weighted by molar-refractivity contribution is 5.93. The monoisotopic (exact) mass is 356 g/mol. The molecule has 4 heteroatoms. The van der Waals surface area contributed by atoms with E-state index < -0.39 is 5.97 Å². The summed E-state index contributed by atoms with van der Waals surface area (Å²) in [6.07, 6.45) is 1.44. The van der Waals surface area contributed by atoms with Gasteiger partial charge < -0.3 is 9.15 Å². The van der Waals surface area contributed by atoms with Crippen LogP contribution >= 0.6 is 0 Å². The van der Waals surface area contributed by atoms with Gasteiger partial charge in [0.1, 0.15) is 17.6 Å². The third-order valence-electron chi connectivity index (χ3n) is 4.41. The van der Waals surface area contributed by atoms with Crippen LogP contribution in [0, 0.1) is 6.92 Å². The highest BCUT2D eigenvalue weighted by Gasteiger charge is 2.13. The van der Waals surface area contributed by atoms with Crippen LogP contribution in [-0.4, -0.2) is 5.97 Å². The van der Waals surface area contributed by atoms with Crippen molar-refractivity contribution in [3.8, 4) is 16.9 Å². The quantitative estimate of drug-likeness (QED) is 0.383. The number of carbonyl (C=O) groups is 1. The largest absolute Gasteiger partial charge is 0.463 e. The summed E-state index contributed by atoms with van der Waals surface area (Å²) >= 11 is 0. The van der Waals surface area contributed by atoms with Crippen molar-refractivity contribution in [1.29, 1.82) is 0 Å². The molecular formula is C23H16O4. The second-order valence-electron chi connectivity index (χ2n) is 6.21. The second-order valence-corrected chi connectivity index (χ2v) is 6.21. The fourth-order valence-corrected chi connectivity index (χ4v) is 2.95. The molecule has 1 heterocycles. The predicted octanol–water partition coefficient (Wildman–Crippen LogP) is 4.99. The summed E-state index contributed by atoms with van der Waals surface area (Å²) in [7, 11) is 0. The van der Waals surface area contributed by atoms with Gasteiger partial charge in [-0.2, -0.15) is 0 Å². The molecule has 4 aromatic rings. The molecule has 0 radical (unpaired) electrons. The minimum Gasteiger partial charge on any atom is -0.463 e. The van der Waals surface area contributed by atoms with Crippen molar-refractivity contribution in [3.05, 3.63) is 100 Å². The Kier molecular flexibility index (Phi) is 4.30. The zero-order valence-corrected chi connectivity index (χ0v) is 14.6. The van der Waals surface area contributed by atoms with Crippen LogP contribution in [0.1, 0.15) is 15.9 Å². The number of hydrogen-bond donors (Lipinski definition) is 0. The number of aryl methyl sites for hydroxylation is 1. The Hall–Kier alpha value is -3.66. The molecule has 4 rings (SSSR count). The predicted molar refractivity (Wildman–Crippen MR) is 104 cm³/mol. The first kappa shape index (κ1) is 16.8. The van der Waals surface area contributed by atoms with Gasteiger partial charge in [0.05, 0.1) is 16.5 Å². The first-order valence-electron chi connectivity index (χ1n) is 8.52. The zero-order chi connectivity index (χ0) is 18.8. The van der Waals surface area contributed by atoms with Crippen LogP contribution < -0.4 is 10.2 Å². The van der Waals surface area contributed by atoms with Gasteiger partial charge in [0.15, 0.2) is 5.43 Å². The van der Waals surface area contributed by atoms with Crippen LogP contribution in [0.5, 0.6) is 5.75 Å². The highest BCUT2D eigenvalue weighted by Crippen LogP contribution is 2.24. The third-order valence-corrected chi connectivity index (χ3v) is 4.41. The molecule has 0 amide bonds. The summed E-state index contributed by atoms with van der Waals surface area (Å²) in [5.74, 6) is -0.123. The highest BCUT2D eigenvalue weighted by atomic mass is 16.5. The maximum absolute atomic E-state index is 12.8. The smallest absolute Gasteiger partial charge is 0.343 e. The molecule has 0 N–H and O–H groups in total. The van der Waals surface area contributed by atoms with Gasteiger partial charge in [-0.3, -0.25) is 4.79 Å². The summed E-state index contributed by atoms with van der Waals surface area (Å²) in [5, 5.41) is 0.437. The first-order valence-corrected chi connectivity index (χ1v) is 8.52. The number of carbonyl (C=O) groups excluding carboxylic acids is 1. The molecule has 1 aromatic heterocycles. The van der Waals surface area contributed by atoms with Gasteiger partial charge in [-0.25, -0.2) is 4.79 Å². The normalized spacial score (nSPS) is 10.7. The van der Waals surface area contributed by atoms with E-state index in [1.54, 1.807) is 30.3 Å². The van der Waals surface area contributed by atoms with E-state index in [9.17, 15) is 9.59 Å². The number of ether oxygens (including phenoxy) is 1. The molecule has 0 spiro atoms. The van der Waals surface area contributed by atoms with Crippen LogP contribution in [0.2, 0.25) is 0 Å². The van der Waals surface area contributed by atoms with Gasteiger partial charge in [0.2, 0.25) is 0 Å². The fourth-order valence-electron chi connectivity index (χ4n) is 2.95. The number of benzene rings is 3. The lowest BCUT2D eigenvalue weighted by Gasteiger charge is -2.08. The topological polar surface area (TPSA) is 56.5 Å². The van der Waals surface area contributed by atoms with Gasteiger partial charge in [0.25, 0.3) is 0 Å². The molecule has 0 unspecified atom stereocenters. The van der Waals surface area contributed by atoms with Crippen LogP contribution in [0.25, 0.3) is 22.1 Å². The Balaban J connectivity index is 1.69. The van der Waals surface area contributed by atoms with Crippen molar-refractivity contribution >= 4 is 16.9 Å². The van der Waals surface area contributed by atoms with Gasteiger partial charge in [-0.1, -0.05) is 48.5 Å². The number of hydrogen-bond acceptors (Lipinski definition) is 4. The summed E-state index contributed by atoms with van der Waals surface area (Å²) in [6, 6.07) is 21.3. The Bertz CT molecular complexity index is 1190. The molecule has 0 bridgehead atoms. The van der Waals surface area contributed by atoms with Crippen molar-refractivity contribution in [2.75, 3.05) is 0 Å². The van der Waals surface area contributed by atoms with Gasteiger partial charge in [-0.05, 0) is 36.2 Å². The molecule has 0 aliphatic heterocycles. The fraction of sp³-hybridized carbons (Fsp3) is 0.0435. The minimum atomic E-state index is -0.448. The zero-order valence-electron chi connectivity index (χ0n) is 14.6. The molecule has 27 heavy (non-hydrogen) atoms. The van der Waals surface area contributed by atoms with Crippen LogP contribution in [-0.2, 0) is 0 Å². The summed E-state index contributed by atoms with van der Waals surface area (Å²) in [4.78, 5) is 25.1. The number of rotatable bonds is 3. The molecule has 0 saturated heterocycles. The van der Waals surface area contributed by atoms with E-state index in [2.05, 4.69) is 0 Å². The van der Waals surface area contributed by atoms with Crippen molar-refractivity contribution in [1.82, 2.24) is 0 Å². The molecule has 0 saturated carbocycles. The maximum atomic E-state index is 12.8. The van der Waals surface area contributed by atoms with Crippen molar-refractivity contribution < 1.29 is 13.9 Å². The van der Waals surface area contributed by atoms with Crippen molar-refractivity contribution in [3.63, 3.8) is 0 Å². The van der Waals surface area contributed by atoms with Crippen LogP contribution in [0.3, 0.4) is 0 Å². The molecule has 0 fully saturated rings. The number of esters is 1. The molecular weight excluding hydrogens is 340 g/mol. The van der Waals surface area contributed by atoms with Gasteiger partial charge in [-0.15, -0.1) is 0 Å².